The molecule has 0 heterocycles. The highest BCUT2D eigenvalue weighted by Gasteiger charge is 2.04. The molecule has 0 aliphatic heterocycles. The molecular formula is C12H22N2O2S. The second-order valence-corrected chi connectivity index (χ2v) is 5.60. The smallest absolute Gasteiger partial charge is 0.238 e. The van der Waals surface area contributed by atoms with Crippen LogP contribution in [0.15, 0.2) is 29.2 Å². The first-order valence-electron chi connectivity index (χ1n) is 5.69. The fourth-order valence-electron chi connectivity index (χ4n) is 0.946. The Bertz CT molecular complexity index is 409. The molecule has 0 atom stereocenters. The highest BCUT2D eigenvalue weighted by atomic mass is 32.2. The van der Waals surface area contributed by atoms with Crippen LogP contribution in [0, 0.1) is 5.92 Å². The van der Waals surface area contributed by atoms with Crippen LogP contribution in [0.3, 0.4) is 0 Å². The predicted molar refractivity (Wildman–Crippen MR) is 72.0 cm³/mol. The molecule has 0 aliphatic carbocycles. The van der Waals surface area contributed by atoms with Crippen molar-refractivity contribution in [1.29, 1.82) is 0 Å². The number of nitrogens with two attached hydrogens (primary N) is 2. The molecule has 98 valence electrons. The van der Waals surface area contributed by atoms with Gasteiger partial charge in [0.1, 0.15) is 0 Å². The molecule has 1 aromatic carbocycles. The van der Waals surface area contributed by atoms with Gasteiger partial charge < -0.3 is 5.73 Å². The van der Waals surface area contributed by atoms with Crippen molar-refractivity contribution in [3.63, 3.8) is 0 Å². The van der Waals surface area contributed by atoms with Crippen LogP contribution in [0.25, 0.3) is 0 Å². The van der Waals surface area contributed by atoms with Crippen LogP contribution in [-0.2, 0) is 10.0 Å². The quantitative estimate of drug-likeness (QED) is 0.816. The zero-order valence-electron chi connectivity index (χ0n) is 10.7. The summed E-state index contributed by atoms with van der Waals surface area (Å²) in [5.74, 6) is 0.935. The number of hydrogen-bond acceptors (Lipinski definition) is 3. The standard InChI is InChI=1S/C6H8N2O2S.C6H14/c7-5-1-3-6(4-2-5)11(8,9)10;1-4-6(3)5-2/h1-4H,7H2,(H2,8,9,10);6H,4-5H2,1-3H3. The number of rotatable bonds is 3. The second-order valence-electron chi connectivity index (χ2n) is 4.04. The molecule has 0 saturated carbocycles. The highest BCUT2D eigenvalue weighted by Crippen LogP contribution is 2.08. The Morgan fingerprint density at radius 2 is 1.53 bits per heavy atom. The van der Waals surface area contributed by atoms with Crippen LogP contribution in [0.2, 0.25) is 0 Å². The van der Waals surface area contributed by atoms with Gasteiger partial charge in [-0.25, -0.2) is 13.6 Å². The van der Waals surface area contributed by atoms with Crippen molar-refractivity contribution in [3.05, 3.63) is 24.3 Å². The van der Waals surface area contributed by atoms with Gasteiger partial charge in [0.15, 0.2) is 0 Å². The van der Waals surface area contributed by atoms with E-state index in [-0.39, 0.29) is 4.90 Å². The summed E-state index contributed by atoms with van der Waals surface area (Å²) in [7, 11) is -3.58. The number of hydrogen-bond donors (Lipinski definition) is 2. The van der Waals surface area contributed by atoms with E-state index in [1.54, 1.807) is 0 Å². The van der Waals surface area contributed by atoms with Gasteiger partial charge in [0.2, 0.25) is 10.0 Å². The summed E-state index contributed by atoms with van der Waals surface area (Å²) in [6.07, 6.45) is 2.66. The summed E-state index contributed by atoms with van der Waals surface area (Å²) in [6.45, 7) is 6.74. The average Bonchev–Trinajstić information content (AvgIpc) is 2.28. The number of primary sulfonamides is 1. The maximum atomic E-state index is 10.7. The van der Waals surface area contributed by atoms with Crippen molar-refractivity contribution >= 4 is 15.7 Å². The van der Waals surface area contributed by atoms with Crippen LogP contribution in [-0.4, -0.2) is 8.42 Å². The number of anilines is 1. The average molecular weight is 258 g/mol. The summed E-state index contributed by atoms with van der Waals surface area (Å²) in [5, 5.41) is 4.84. The monoisotopic (exact) mass is 258 g/mol. The zero-order valence-corrected chi connectivity index (χ0v) is 11.5. The van der Waals surface area contributed by atoms with Crippen molar-refractivity contribution in [2.45, 2.75) is 38.5 Å². The fourth-order valence-corrected chi connectivity index (χ4v) is 1.46. The van der Waals surface area contributed by atoms with Gasteiger partial charge in [0.25, 0.3) is 0 Å². The highest BCUT2D eigenvalue weighted by molar-refractivity contribution is 7.89. The van der Waals surface area contributed by atoms with Crippen molar-refractivity contribution in [3.8, 4) is 0 Å². The molecule has 0 aromatic heterocycles. The van der Waals surface area contributed by atoms with Crippen LogP contribution < -0.4 is 10.9 Å². The Labute approximate surface area is 104 Å². The van der Waals surface area contributed by atoms with Gasteiger partial charge in [-0.2, -0.15) is 0 Å². The minimum absolute atomic E-state index is 0.0756. The SMILES string of the molecule is CCC(C)CC.Nc1ccc(S(N)(=O)=O)cc1. The van der Waals surface area contributed by atoms with E-state index in [1.807, 2.05) is 0 Å². The van der Waals surface area contributed by atoms with E-state index in [0.717, 1.165) is 5.92 Å². The maximum Gasteiger partial charge on any atom is 0.238 e. The van der Waals surface area contributed by atoms with E-state index in [0.29, 0.717) is 5.69 Å². The third kappa shape index (κ3) is 6.97. The maximum absolute atomic E-state index is 10.7. The molecule has 1 rings (SSSR count). The molecule has 4 N–H and O–H groups in total. The van der Waals surface area contributed by atoms with Crippen LogP contribution >= 0.6 is 0 Å². The molecular weight excluding hydrogens is 236 g/mol. The minimum atomic E-state index is -3.58. The lowest BCUT2D eigenvalue weighted by Crippen LogP contribution is -2.11. The molecule has 0 saturated heterocycles. The Hall–Kier alpha value is -1.07. The van der Waals surface area contributed by atoms with Crippen LogP contribution in [0.1, 0.15) is 33.6 Å². The lowest BCUT2D eigenvalue weighted by atomic mass is 10.1. The third-order valence-corrected chi connectivity index (χ3v) is 3.53. The number of benzene rings is 1. The van der Waals surface area contributed by atoms with Crippen molar-refractivity contribution in [2.24, 2.45) is 11.1 Å². The van der Waals surface area contributed by atoms with Crippen molar-refractivity contribution in [1.82, 2.24) is 0 Å². The first-order valence-corrected chi connectivity index (χ1v) is 7.24. The predicted octanol–water partition coefficient (Wildman–Crippen LogP) is 2.36. The largest absolute Gasteiger partial charge is 0.399 e. The first-order chi connectivity index (χ1) is 7.81. The number of nitrogen functional groups attached to an aromatic ring is 1. The van der Waals surface area contributed by atoms with Gasteiger partial charge in [-0.3, -0.25) is 0 Å². The molecule has 0 aliphatic rings. The van der Waals surface area contributed by atoms with Crippen LogP contribution in [0.4, 0.5) is 5.69 Å². The van der Waals surface area contributed by atoms with Gasteiger partial charge in [-0.1, -0.05) is 33.6 Å². The summed E-state index contributed by atoms with van der Waals surface area (Å²) in [4.78, 5) is 0.0756. The third-order valence-electron chi connectivity index (χ3n) is 2.60. The summed E-state index contributed by atoms with van der Waals surface area (Å²) in [6, 6.07) is 5.70. The van der Waals surface area contributed by atoms with Gasteiger partial charge >= 0.3 is 0 Å². The number of sulfonamides is 1. The molecule has 0 spiro atoms. The van der Waals surface area contributed by atoms with Gasteiger partial charge in [-0.05, 0) is 30.2 Å². The summed E-state index contributed by atoms with van der Waals surface area (Å²) < 4.78 is 21.4. The normalized spacial score (nSPS) is 10.9. The van der Waals surface area contributed by atoms with E-state index >= 15 is 0 Å². The van der Waals surface area contributed by atoms with Gasteiger partial charge in [0.05, 0.1) is 4.90 Å². The molecule has 5 heteroatoms. The van der Waals surface area contributed by atoms with E-state index in [4.69, 9.17) is 10.9 Å². The van der Waals surface area contributed by atoms with Crippen LogP contribution in [0.5, 0.6) is 0 Å². The zero-order chi connectivity index (χ0) is 13.5. The topological polar surface area (TPSA) is 86.2 Å². The fraction of sp³-hybridized carbons (Fsp3) is 0.500. The van der Waals surface area contributed by atoms with E-state index in [2.05, 4.69) is 20.8 Å². The Morgan fingerprint density at radius 1 is 1.12 bits per heavy atom. The molecule has 0 amide bonds. The van der Waals surface area contributed by atoms with E-state index in [9.17, 15) is 8.42 Å². The molecule has 0 fully saturated rings. The Balaban J connectivity index is 0.000000366. The second kappa shape index (κ2) is 7.29. The lowest BCUT2D eigenvalue weighted by Gasteiger charge is -1.98. The van der Waals surface area contributed by atoms with E-state index in [1.165, 1.54) is 37.1 Å². The van der Waals surface area contributed by atoms with Crippen molar-refractivity contribution in [2.75, 3.05) is 5.73 Å². The van der Waals surface area contributed by atoms with E-state index < -0.39 is 10.0 Å². The minimum Gasteiger partial charge on any atom is -0.399 e. The first kappa shape index (κ1) is 15.9. The van der Waals surface area contributed by atoms with Gasteiger partial charge in [0, 0.05) is 5.69 Å². The summed E-state index contributed by atoms with van der Waals surface area (Å²) >= 11 is 0. The molecule has 1 aromatic rings. The molecule has 0 radical (unpaired) electrons. The molecule has 17 heavy (non-hydrogen) atoms. The molecule has 0 unspecified atom stereocenters. The van der Waals surface area contributed by atoms with Gasteiger partial charge in [-0.15, -0.1) is 0 Å². The van der Waals surface area contributed by atoms with Crippen molar-refractivity contribution < 1.29 is 8.42 Å². The Morgan fingerprint density at radius 3 is 1.76 bits per heavy atom. The summed E-state index contributed by atoms with van der Waals surface area (Å²) in [5.41, 5.74) is 5.85. The lowest BCUT2D eigenvalue weighted by molar-refractivity contribution is 0.544. The molecule has 0 bridgehead atoms. The Kier molecular flexibility index (Phi) is 6.83. The molecule has 4 nitrogen and oxygen atoms in total.